The molecule has 158 valence electrons. The predicted octanol–water partition coefficient (Wildman–Crippen LogP) is 5.23. The molecule has 0 radical (unpaired) electrons. The fraction of sp³-hybridized carbons (Fsp3) is 0.174. The van der Waals surface area contributed by atoms with Crippen molar-refractivity contribution in [2.75, 3.05) is 11.9 Å². The Labute approximate surface area is 191 Å². The number of carbonyl (C=O) groups excluding carboxylic acids is 1. The second-order valence-electron chi connectivity index (χ2n) is 6.88. The predicted molar refractivity (Wildman–Crippen MR) is 128 cm³/mol. The number of hydrogen-bond acceptors (Lipinski definition) is 5. The zero-order valence-corrected chi connectivity index (χ0v) is 19.4. The first-order chi connectivity index (χ1) is 15.0. The molecule has 0 aliphatic heterocycles. The second-order valence-corrected chi connectivity index (χ2v) is 8.93. The minimum atomic E-state index is -0.301. The fourth-order valence-corrected chi connectivity index (χ4v) is 4.78. The van der Waals surface area contributed by atoms with Gasteiger partial charge in [-0.05, 0) is 59.6 Å². The lowest BCUT2D eigenvalue weighted by Gasteiger charge is -2.09. The van der Waals surface area contributed by atoms with Crippen molar-refractivity contribution >= 4 is 49.1 Å². The number of thiophene rings is 1. The van der Waals surface area contributed by atoms with Gasteiger partial charge in [0.05, 0.1) is 24.0 Å². The molecule has 8 heteroatoms. The lowest BCUT2D eigenvalue weighted by atomic mass is 10.0. The van der Waals surface area contributed by atoms with Crippen molar-refractivity contribution in [3.05, 3.63) is 74.6 Å². The molecule has 4 aromatic rings. The van der Waals surface area contributed by atoms with E-state index < -0.39 is 0 Å². The Balaban J connectivity index is 1.68. The summed E-state index contributed by atoms with van der Waals surface area (Å²) < 4.78 is 7.64. The molecule has 0 saturated heterocycles. The fourth-order valence-electron chi connectivity index (χ4n) is 3.39. The number of amides is 1. The smallest absolute Gasteiger partial charge is 0.263 e. The number of anilines is 1. The molecule has 0 unspecified atom stereocenters. The highest BCUT2D eigenvalue weighted by molar-refractivity contribution is 9.10. The third kappa shape index (κ3) is 4.40. The van der Waals surface area contributed by atoms with Gasteiger partial charge < -0.3 is 10.1 Å². The average molecular weight is 498 g/mol. The first-order valence-corrected chi connectivity index (χ1v) is 11.3. The molecule has 0 bridgehead atoms. The minimum absolute atomic E-state index is 0.124. The van der Waals surface area contributed by atoms with Gasteiger partial charge in [0.2, 0.25) is 5.91 Å². The number of aromatic nitrogens is 2. The maximum atomic E-state index is 13.3. The maximum absolute atomic E-state index is 13.3. The monoisotopic (exact) mass is 497 g/mol. The van der Waals surface area contributed by atoms with Crippen molar-refractivity contribution in [2.45, 2.75) is 20.4 Å². The van der Waals surface area contributed by atoms with E-state index in [9.17, 15) is 9.59 Å². The minimum Gasteiger partial charge on any atom is -0.494 e. The van der Waals surface area contributed by atoms with E-state index >= 15 is 0 Å². The first kappa shape index (κ1) is 21.3. The summed E-state index contributed by atoms with van der Waals surface area (Å²) in [6.07, 6.45) is 1.43. The summed E-state index contributed by atoms with van der Waals surface area (Å²) in [4.78, 5) is 31.9. The third-order valence-electron chi connectivity index (χ3n) is 4.77. The summed E-state index contributed by atoms with van der Waals surface area (Å²) >= 11 is 4.88. The molecule has 31 heavy (non-hydrogen) atoms. The number of benzene rings is 2. The SMILES string of the molecule is CCOc1ccc(-c2c(C)sc3ncn(CC(=O)Nc4ccccc4Br)c(=O)c23)cc1. The van der Waals surface area contributed by atoms with Gasteiger partial charge in [-0.1, -0.05) is 24.3 Å². The van der Waals surface area contributed by atoms with E-state index in [0.29, 0.717) is 22.5 Å². The van der Waals surface area contributed by atoms with Gasteiger partial charge in [-0.15, -0.1) is 11.3 Å². The number of nitrogens with zero attached hydrogens (tertiary/aromatic N) is 2. The van der Waals surface area contributed by atoms with E-state index in [1.54, 1.807) is 6.07 Å². The van der Waals surface area contributed by atoms with Crippen LogP contribution in [0.5, 0.6) is 5.75 Å². The van der Waals surface area contributed by atoms with E-state index in [0.717, 1.165) is 26.2 Å². The molecule has 4 rings (SSSR count). The highest BCUT2D eigenvalue weighted by atomic mass is 79.9. The Morgan fingerprint density at radius 2 is 1.94 bits per heavy atom. The van der Waals surface area contributed by atoms with E-state index in [-0.39, 0.29) is 18.0 Å². The molecule has 2 aromatic carbocycles. The van der Waals surface area contributed by atoms with Crippen LogP contribution in [-0.4, -0.2) is 22.1 Å². The second kappa shape index (κ2) is 9.03. The molecular weight excluding hydrogens is 478 g/mol. The number of ether oxygens (including phenoxy) is 1. The van der Waals surface area contributed by atoms with Crippen LogP contribution in [0.25, 0.3) is 21.3 Å². The summed E-state index contributed by atoms with van der Waals surface area (Å²) in [5.74, 6) is 0.479. The van der Waals surface area contributed by atoms with Gasteiger partial charge in [0, 0.05) is 14.9 Å². The quantitative estimate of drug-likeness (QED) is 0.395. The number of nitrogens with one attached hydrogen (secondary N) is 1. The lowest BCUT2D eigenvalue weighted by molar-refractivity contribution is -0.116. The topological polar surface area (TPSA) is 73.2 Å². The van der Waals surface area contributed by atoms with Crippen molar-refractivity contribution < 1.29 is 9.53 Å². The highest BCUT2D eigenvalue weighted by Gasteiger charge is 2.18. The normalized spacial score (nSPS) is 10.9. The Bertz CT molecular complexity index is 1310. The van der Waals surface area contributed by atoms with E-state index in [2.05, 4.69) is 26.2 Å². The van der Waals surface area contributed by atoms with Gasteiger partial charge in [0.1, 0.15) is 17.1 Å². The summed E-state index contributed by atoms with van der Waals surface area (Å²) in [7, 11) is 0. The average Bonchev–Trinajstić information content (AvgIpc) is 3.09. The van der Waals surface area contributed by atoms with Gasteiger partial charge in [0.15, 0.2) is 0 Å². The number of aryl methyl sites for hydroxylation is 1. The van der Waals surface area contributed by atoms with Crippen LogP contribution in [0.3, 0.4) is 0 Å². The van der Waals surface area contributed by atoms with Crippen LogP contribution >= 0.6 is 27.3 Å². The molecule has 0 spiro atoms. The van der Waals surface area contributed by atoms with Gasteiger partial charge in [-0.3, -0.25) is 14.2 Å². The third-order valence-corrected chi connectivity index (χ3v) is 6.48. The van der Waals surface area contributed by atoms with E-state index in [4.69, 9.17) is 4.74 Å². The van der Waals surface area contributed by atoms with Crippen molar-refractivity contribution in [3.8, 4) is 16.9 Å². The Kier molecular flexibility index (Phi) is 6.20. The molecule has 0 saturated carbocycles. The van der Waals surface area contributed by atoms with Crippen molar-refractivity contribution in [1.82, 2.24) is 9.55 Å². The molecular formula is C23H20BrN3O3S. The van der Waals surface area contributed by atoms with Crippen LogP contribution in [0.1, 0.15) is 11.8 Å². The number of para-hydroxylation sites is 1. The summed E-state index contributed by atoms with van der Waals surface area (Å²) in [6, 6.07) is 15.0. The summed E-state index contributed by atoms with van der Waals surface area (Å²) in [6.45, 7) is 4.38. The number of hydrogen-bond donors (Lipinski definition) is 1. The van der Waals surface area contributed by atoms with Crippen molar-refractivity contribution in [2.24, 2.45) is 0 Å². The lowest BCUT2D eigenvalue weighted by Crippen LogP contribution is -2.27. The van der Waals surface area contributed by atoms with Crippen LogP contribution < -0.4 is 15.6 Å². The molecule has 0 fully saturated rings. The summed E-state index contributed by atoms with van der Waals surface area (Å²) in [5, 5.41) is 3.35. The first-order valence-electron chi connectivity index (χ1n) is 9.74. The molecule has 0 aliphatic carbocycles. The molecule has 0 atom stereocenters. The maximum Gasteiger partial charge on any atom is 0.263 e. The Morgan fingerprint density at radius 3 is 2.65 bits per heavy atom. The number of fused-ring (bicyclic) bond motifs is 1. The number of carbonyl (C=O) groups is 1. The Morgan fingerprint density at radius 1 is 1.19 bits per heavy atom. The molecule has 1 N–H and O–H groups in total. The molecule has 1 amide bonds. The zero-order valence-electron chi connectivity index (χ0n) is 17.0. The molecule has 2 aromatic heterocycles. The molecule has 2 heterocycles. The highest BCUT2D eigenvalue weighted by Crippen LogP contribution is 2.36. The largest absolute Gasteiger partial charge is 0.494 e. The number of halogens is 1. The van der Waals surface area contributed by atoms with Crippen molar-refractivity contribution in [1.29, 1.82) is 0 Å². The van der Waals surface area contributed by atoms with Crippen LogP contribution in [0, 0.1) is 6.92 Å². The van der Waals surface area contributed by atoms with Crippen LogP contribution in [0.2, 0.25) is 0 Å². The van der Waals surface area contributed by atoms with Crippen LogP contribution in [0.15, 0.2) is 64.1 Å². The van der Waals surface area contributed by atoms with Gasteiger partial charge in [-0.25, -0.2) is 4.98 Å². The van der Waals surface area contributed by atoms with Gasteiger partial charge in [0.25, 0.3) is 5.56 Å². The van der Waals surface area contributed by atoms with Crippen LogP contribution in [-0.2, 0) is 11.3 Å². The van der Waals surface area contributed by atoms with Crippen molar-refractivity contribution in [3.63, 3.8) is 0 Å². The number of rotatable bonds is 6. The molecule has 6 nitrogen and oxygen atoms in total. The van der Waals surface area contributed by atoms with Crippen LogP contribution in [0.4, 0.5) is 5.69 Å². The van der Waals surface area contributed by atoms with Gasteiger partial charge in [-0.2, -0.15) is 0 Å². The zero-order chi connectivity index (χ0) is 22.0. The van der Waals surface area contributed by atoms with E-state index in [1.807, 2.05) is 56.3 Å². The standard InChI is InChI=1S/C23H20BrN3O3S/c1-3-30-16-10-8-15(9-11-16)20-14(2)31-22-21(20)23(29)27(13-25-22)12-19(28)26-18-7-5-4-6-17(18)24/h4-11,13H,3,12H2,1-2H3,(H,26,28). The van der Waals surface area contributed by atoms with Gasteiger partial charge >= 0.3 is 0 Å². The van der Waals surface area contributed by atoms with E-state index in [1.165, 1.54) is 22.2 Å². The molecule has 0 aliphatic rings. The summed E-state index contributed by atoms with van der Waals surface area (Å²) in [5.41, 5.74) is 2.18. The Hall–Kier alpha value is -2.97.